The second kappa shape index (κ2) is 5.67. The lowest BCUT2D eigenvalue weighted by molar-refractivity contribution is -0.144. The lowest BCUT2D eigenvalue weighted by atomic mass is 9.98. The molecule has 1 aromatic heterocycles. The molecular formula is C13H22N4O2. The molecule has 2 rings (SSSR count). The van der Waals surface area contributed by atoms with Crippen molar-refractivity contribution in [1.82, 2.24) is 20.2 Å². The van der Waals surface area contributed by atoms with Crippen molar-refractivity contribution in [3.05, 3.63) is 5.82 Å². The molecule has 106 valence electrons. The standard InChI is InChI=1S/C13H22N4O2/c1-3-5-6-10(4-2)11-14-15-16-17(11)9-13(7-8-13)12(18)19/h10H,3-9H2,1-2H3,(H,18,19). The van der Waals surface area contributed by atoms with E-state index in [2.05, 4.69) is 29.4 Å². The molecule has 1 aliphatic carbocycles. The topological polar surface area (TPSA) is 80.9 Å². The van der Waals surface area contributed by atoms with Gasteiger partial charge in [-0.25, -0.2) is 4.68 Å². The van der Waals surface area contributed by atoms with Crippen molar-refractivity contribution in [1.29, 1.82) is 0 Å². The lowest BCUT2D eigenvalue weighted by Gasteiger charge is -2.16. The maximum atomic E-state index is 11.3. The van der Waals surface area contributed by atoms with Crippen molar-refractivity contribution in [2.45, 2.75) is 64.8 Å². The van der Waals surface area contributed by atoms with Crippen LogP contribution in [0.4, 0.5) is 0 Å². The van der Waals surface area contributed by atoms with Crippen LogP contribution in [0.15, 0.2) is 0 Å². The zero-order valence-electron chi connectivity index (χ0n) is 11.7. The first kappa shape index (κ1) is 14.0. The van der Waals surface area contributed by atoms with E-state index in [-0.39, 0.29) is 0 Å². The van der Waals surface area contributed by atoms with Crippen LogP contribution in [-0.4, -0.2) is 31.3 Å². The Kier molecular flexibility index (Phi) is 4.17. The first-order valence-electron chi connectivity index (χ1n) is 7.12. The van der Waals surface area contributed by atoms with Crippen molar-refractivity contribution in [2.24, 2.45) is 5.41 Å². The van der Waals surface area contributed by atoms with Crippen LogP contribution in [0.25, 0.3) is 0 Å². The first-order chi connectivity index (χ1) is 9.13. The number of nitrogens with zero attached hydrogens (tertiary/aromatic N) is 4. The normalized spacial score (nSPS) is 18.2. The molecule has 1 unspecified atom stereocenters. The minimum absolute atomic E-state index is 0.333. The van der Waals surface area contributed by atoms with E-state index in [4.69, 9.17) is 0 Å². The monoisotopic (exact) mass is 266 g/mol. The largest absolute Gasteiger partial charge is 0.481 e. The third kappa shape index (κ3) is 2.93. The maximum Gasteiger partial charge on any atom is 0.311 e. The summed E-state index contributed by atoms with van der Waals surface area (Å²) in [5, 5.41) is 21.1. The average Bonchev–Trinajstić information content (AvgIpc) is 3.04. The van der Waals surface area contributed by atoms with Gasteiger partial charge >= 0.3 is 5.97 Å². The molecule has 0 aliphatic heterocycles. The fraction of sp³-hybridized carbons (Fsp3) is 0.846. The highest BCUT2D eigenvalue weighted by Crippen LogP contribution is 2.47. The molecule has 6 nitrogen and oxygen atoms in total. The minimum atomic E-state index is -0.726. The number of carboxylic acids is 1. The Morgan fingerprint density at radius 3 is 2.74 bits per heavy atom. The molecule has 0 amide bonds. The highest BCUT2D eigenvalue weighted by molar-refractivity contribution is 5.77. The molecule has 1 atom stereocenters. The predicted octanol–water partition coefficient (Wildman–Crippen LogP) is 2.22. The Labute approximate surface area is 113 Å². The number of rotatable bonds is 8. The highest BCUT2D eigenvalue weighted by atomic mass is 16.4. The highest BCUT2D eigenvalue weighted by Gasteiger charge is 2.51. The van der Waals surface area contributed by atoms with Crippen molar-refractivity contribution in [3.8, 4) is 0 Å². The van der Waals surface area contributed by atoms with Gasteiger partial charge in [-0.15, -0.1) is 5.10 Å². The van der Waals surface area contributed by atoms with Gasteiger partial charge in [0.15, 0.2) is 5.82 Å². The van der Waals surface area contributed by atoms with E-state index in [1.807, 2.05) is 0 Å². The molecule has 1 fully saturated rings. The van der Waals surface area contributed by atoms with Crippen molar-refractivity contribution in [2.75, 3.05) is 0 Å². The molecule has 1 aliphatic rings. The smallest absolute Gasteiger partial charge is 0.311 e. The third-order valence-corrected chi connectivity index (χ3v) is 4.08. The van der Waals surface area contributed by atoms with Gasteiger partial charge in [-0.3, -0.25) is 4.79 Å². The molecule has 0 saturated heterocycles. The van der Waals surface area contributed by atoms with Crippen LogP contribution in [-0.2, 0) is 11.3 Å². The number of aromatic nitrogens is 4. The molecule has 1 aromatic rings. The average molecular weight is 266 g/mol. The fourth-order valence-electron chi connectivity index (χ4n) is 2.46. The number of unbranched alkanes of at least 4 members (excludes halogenated alkanes) is 1. The summed E-state index contributed by atoms with van der Waals surface area (Å²) < 4.78 is 1.71. The Hall–Kier alpha value is -1.46. The van der Waals surface area contributed by atoms with Gasteiger partial charge in [0, 0.05) is 5.92 Å². The summed E-state index contributed by atoms with van der Waals surface area (Å²) in [4.78, 5) is 11.3. The van der Waals surface area contributed by atoms with Crippen molar-refractivity contribution >= 4 is 5.97 Å². The molecule has 1 saturated carbocycles. The summed E-state index contributed by atoms with van der Waals surface area (Å²) in [5.41, 5.74) is -0.618. The van der Waals surface area contributed by atoms with Gasteiger partial charge in [-0.05, 0) is 36.1 Å². The number of aliphatic carboxylic acids is 1. The van der Waals surface area contributed by atoms with Gasteiger partial charge in [-0.2, -0.15) is 0 Å². The summed E-state index contributed by atoms with van der Waals surface area (Å²) in [5.74, 6) is 0.457. The summed E-state index contributed by atoms with van der Waals surface area (Å²) in [7, 11) is 0. The van der Waals surface area contributed by atoms with Crippen LogP contribution in [0.3, 0.4) is 0 Å². The Morgan fingerprint density at radius 1 is 1.47 bits per heavy atom. The molecule has 0 radical (unpaired) electrons. The predicted molar refractivity (Wildman–Crippen MR) is 69.7 cm³/mol. The second-order valence-electron chi connectivity index (χ2n) is 5.53. The second-order valence-corrected chi connectivity index (χ2v) is 5.53. The Balaban J connectivity index is 2.10. The van der Waals surface area contributed by atoms with Crippen molar-refractivity contribution in [3.63, 3.8) is 0 Å². The van der Waals surface area contributed by atoms with E-state index >= 15 is 0 Å². The molecule has 1 heterocycles. The number of tetrazole rings is 1. The maximum absolute atomic E-state index is 11.3. The van der Waals surface area contributed by atoms with Crippen LogP contribution in [0.5, 0.6) is 0 Å². The minimum Gasteiger partial charge on any atom is -0.481 e. The summed E-state index contributed by atoms with van der Waals surface area (Å²) >= 11 is 0. The molecule has 0 bridgehead atoms. The molecule has 19 heavy (non-hydrogen) atoms. The Bertz CT molecular complexity index is 440. The van der Waals surface area contributed by atoms with Gasteiger partial charge in [0.1, 0.15) is 0 Å². The molecule has 6 heteroatoms. The van der Waals surface area contributed by atoms with E-state index in [0.29, 0.717) is 12.5 Å². The Morgan fingerprint density at radius 2 is 2.21 bits per heavy atom. The number of carbonyl (C=O) groups is 1. The van der Waals surface area contributed by atoms with Crippen LogP contribution < -0.4 is 0 Å². The van der Waals surface area contributed by atoms with Gasteiger partial charge in [0.2, 0.25) is 0 Å². The quantitative estimate of drug-likeness (QED) is 0.780. The van der Waals surface area contributed by atoms with E-state index in [0.717, 1.165) is 44.3 Å². The van der Waals surface area contributed by atoms with Crippen LogP contribution in [0.2, 0.25) is 0 Å². The van der Waals surface area contributed by atoms with Crippen LogP contribution in [0.1, 0.15) is 64.1 Å². The van der Waals surface area contributed by atoms with E-state index in [1.54, 1.807) is 4.68 Å². The van der Waals surface area contributed by atoms with Gasteiger partial charge in [-0.1, -0.05) is 26.7 Å². The van der Waals surface area contributed by atoms with Gasteiger partial charge < -0.3 is 5.11 Å². The zero-order chi connectivity index (χ0) is 13.9. The van der Waals surface area contributed by atoms with E-state index in [9.17, 15) is 9.90 Å². The first-order valence-corrected chi connectivity index (χ1v) is 7.12. The van der Waals surface area contributed by atoms with Gasteiger partial charge in [0.25, 0.3) is 0 Å². The molecule has 1 N–H and O–H groups in total. The SMILES string of the molecule is CCCCC(CC)c1nnnn1CC1(C(=O)O)CC1. The number of hydrogen-bond acceptors (Lipinski definition) is 4. The summed E-state index contributed by atoms with van der Waals surface area (Å²) in [6, 6.07) is 0. The lowest BCUT2D eigenvalue weighted by Crippen LogP contribution is -2.24. The molecular weight excluding hydrogens is 244 g/mol. The van der Waals surface area contributed by atoms with E-state index < -0.39 is 11.4 Å². The molecule has 0 aromatic carbocycles. The van der Waals surface area contributed by atoms with Gasteiger partial charge in [0.05, 0.1) is 12.0 Å². The number of carboxylic acid groups (broad SMARTS) is 1. The zero-order valence-corrected chi connectivity index (χ0v) is 11.7. The summed E-state index contributed by atoms with van der Waals surface area (Å²) in [6.07, 6.45) is 5.81. The summed E-state index contributed by atoms with van der Waals surface area (Å²) in [6.45, 7) is 4.70. The van der Waals surface area contributed by atoms with Crippen LogP contribution >= 0.6 is 0 Å². The van der Waals surface area contributed by atoms with Crippen molar-refractivity contribution < 1.29 is 9.90 Å². The fourth-order valence-corrected chi connectivity index (χ4v) is 2.46. The molecule has 0 spiro atoms. The third-order valence-electron chi connectivity index (χ3n) is 4.08. The number of hydrogen-bond donors (Lipinski definition) is 1. The van der Waals surface area contributed by atoms with Crippen LogP contribution in [0, 0.1) is 5.41 Å². The van der Waals surface area contributed by atoms with E-state index in [1.165, 1.54) is 0 Å².